The van der Waals surface area contributed by atoms with E-state index in [0.717, 1.165) is 28.3 Å². The third kappa shape index (κ3) is 4.00. The highest BCUT2D eigenvalue weighted by molar-refractivity contribution is 5.68. The summed E-state index contributed by atoms with van der Waals surface area (Å²) in [5.41, 5.74) is 13.4. The third-order valence-electron chi connectivity index (χ3n) is 4.34. The number of benzene rings is 2. The first-order valence-electron chi connectivity index (χ1n) is 8.71. The Bertz CT molecular complexity index is 899. The van der Waals surface area contributed by atoms with E-state index < -0.39 is 0 Å². The number of nitrogens with zero attached hydrogens (tertiary/aromatic N) is 2. The Morgan fingerprint density at radius 3 is 2.19 bits per heavy atom. The van der Waals surface area contributed by atoms with Crippen molar-refractivity contribution in [2.75, 3.05) is 10.6 Å². The second-order valence-corrected chi connectivity index (χ2v) is 6.65. The maximum atomic E-state index is 5.64. The molecule has 0 bridgehead atoms. The van der Waals surface area contributed by atoms with Crippen LogP contribution in [0.1, 0.15) is 29.2 Å². The van der Waals surface area contributed by atoms with Crippen molar-refractivity contribution in [1.29, 1.82) is 0 Å². The first-order valence-corrected chi connectivity index (χ1v) is 8.71. The van der Waals surface area contributed by atoms with Crippen molar-refractivity contribution in [3.05, 3.63) is 70.4 Å². The summed E-state index contributed by atoms with van der Waals surface area (Å²) in [5.74, 6) is 1.36. The smallest absolute Gasteiger partial charge is 0.229 e. The maximum absolute atomic E-state index is 5.64. The Kier molecular flexibility index (Phi) is 5.19. The van der Waals surface area contributed by atoms with Crippen molar-refractivity contribution in [1.82, 2.24) is 9.97 Å². The second kappa shape index (κ2) is 7.54. The van der Waals surface area contributed by atoms with Crippen molar-refractivity contribution < 1.29 is 1.43 Å². The topological polar surface area (TPSA) is 75.9 Å². The molecule has 0 spiro atoms. The van der Waals surface area contributed by atoms with Gasteiger partial charge >= 0.3 is 0 Å². The van der Waals surface area contributed by atoms with Gasteiger partial charge in [0.15, 0.2) is 0 Å². The van der Waals surface area contributed by atoms with Gasteiger partial charge in [-0.25, -0.2) is 4.98 Å². The first kappa shape index (κ1) is 17.9. The molecule has 2 aromatic carbocycles. The molecule has 0 aliphatic rings. The average Bonchev–Trinajstić information content (AvgIpc) is 2.61. The molecule has 0 aliphatic heterocycles. The highest BCUT2D eigenvalue weighted by atomic mass is 15.1. The molecule has 3 aromatic rings. The molecule has 5 heteroatoms. The normalized spacial score (nSPS) is 10.7. The summed E-state index contributed by atoms with van der Waals surface area (Å²) in [4.78, 5) is 9.04. The monoisotopic (exact) mass is 349 g/mol. The number of hydrogen-bond acceptors (Lipinski definition) is 5. The molecule has 136 valence electrons. The largest absolute Gasteiger partial charge is 0.339 e. The van der Waals surface area contributed by atoms with Gasteiger partial charge in [-0.3, -0.25) is 0 Å². The van der Waals surface area contributed by atoms with Crippen molar-refractivity contribution in [2.45, 2.75) is 34.2 Å². The zero-order valence-electron chi connectivity index (χ0n) is 15.7. The van der Waals surface area contributed by atoms with E-state index in [-0.39, 0.29) is 1.43 Å². The Morgan fingerprint density at radius 2 is 1.58 bits per heavy atom. The van der Waals surface area contributed by atoms with Gasteiger partial charge in [-0.15, -0.1) is 0 Å². The Hall–Kier alpha value is -2.92. The number of nitrogens with one attached hydrogen (secondary N) is 2. The van der Waals surface area contributed by atoms with Crippen LogP contribution in [0.15, 0.2) is 42.6 Å². The van der Waals surface area contributed by atoms with E-state index in [1.807, 2.05) is 37.4 Å². The molecule has 0 saturated heterocycles. The number of anilines is 4. The quantitative estimate of drug-likeness (QED) is 0.610. The van der Waals surface area contributed by atoms with Crippen LogP contribution in [0.4, 0.5) is 23.1 Å². The van der Waals surface area contributed by atoms with Gasteiger partial charge in [-0.05, 0) is 56.5 Å². The van der Waals surface area contributed by atoms with Crippen molar-refractivity contribution in [3.8, 4) is 0 Å². The minimum atomic E-state index is 0. The van der Waals surface area contributed by atoms with E-state index in [1.165, 1.54) is 16.7 Å². The summed E-state index contributed by atoms with van der Waals surface area (Å²) in [7, 11) is 0. The Morgan fingerprint density at radius 1 is 0.923 bits per heavy atom. The fourth-order valence-corrected chi connectivity index (χ4v) is 2.98. The van der Waals surface area contributed by atoms with Gasteiger partial charge in [0.2, 0.25) is 5.95 Å². The summed E-state index contributed by atoms with van der Waals surface area (Å²) in [6.45, 7) is 8.86. The Balaban J connectivity index is 0.00000261. The fraction of sp³-hybridized carbons (Fsp3) is 0.238. The second-order valence-electron chi connectivity index (χ2n) is 6.65. The molecule has 1 aromatic heterocycles. The van der Waals surface area contributed by atoms with Gasteiger partial charge in [0.25, 0.3) is 0 Å². The summed E-state index contributed by atoms with van der Waals surface area (Å²) in [6.07, 6.45) is 1.82. The number of aromatic nitrogens is 2. The van der Waals surface area contributed by atoms with Gasteiger partial charge in [-0.2, -0.15) is 4.98 Å². The van der Waals surface area contributed by atoms with Crippen LogP contribution in [-0.4, -0.2) is 9.97 Å². The number of hydrogen-bond donors (Lipinski definition) is 3. The van der Waals surface area contributed by atoms with Gasteiger partial charge in [0, 0.05) is 31.1 Å². The zero-order chi connectivity index (χ0) is 18.7. The predicted molar refractivity (Wildman–Crippen MR) is 110 cm³/mol. The van der Waals surface area contributed by atoms with Crippen molar-refractivity contribution >= 4 is 23.1 Å². The molecule has 0 amide bonds. The minimum absolute atomic E-state index is 0. The van der Waals surface area contributed by atoms with Crippen molar-refractivity contribution in [3.63, 3.8) is 0 Å². The molecule has 4 N–H and O–H groups in total. The van der Waals surface area contributed by atoms with Crippen molar-refractivity contribution in [2.24, 2.45) is 5.73 Å². The van der Waals surface area contributed by atoms with Crippen LogP contribution in [0.25, 0.3) is 0 Å². The minimum Gasteiger partial charge on any atom is -0.339 e. The highest BCUT2D eigenvalue weighted by Gasteiger charge is 2.09. The highest BCUT2D eigenvalue weighted by Crippen LogP contribution is 2.27. The first-order chi connectivity index (χ1) is 12.5. The molecule has 0 fully saturated rings. The standard InChI is InChI=1S/C21H25N5.H2/c1-13-9-14(2)19(15(3)10-13)25-20-16(4)12-23-21(26-20)24-18-7-5-17(11-22)6-8-18;/h5-10,12H,11,22H2,1-4H3,(H2,23,24,25,26);1H. The average molecular weight is 349 g/mol. The molecule has 0 aliphatic carbocycles. The van der Waals surface area contributed by atoms with E-state index in [9.17, 15) is 0 Å². The van der Waals surface area contributed by atoms with Crippen LogP contribution in [-0.2, 0) is 6.54 Å². The lowest BCUT2D eigenvalue weighted by atomic mass is 10.1. The Labute approximate surface area is 156 Å². The van der Waals surface area contributed by atoms with Crippen LogP contribution in [0, 0.1) is 27.7 Å². The lowest BCUT2D eigenvalue weighted by molar-refractivity contribution is 1.07. The zero-order valence-corrected chi connectivity index (χ0v) is 15.7. The molecular formula is C21H27N5. The SMILES string of the molecule is Cc1cc(C)c(Nc2nc(Nc3ccc(CN)cc3)ncc2C)c(C)c1.[HH]. The van der Waals surface area contributed by atoms with Crippen LogP contribution in [0.2, 0.25) is 0 Å². The van der Waals surface area contributed by atoms with Gasteiger partial charge in [-0.1, -0.05) is 29.8 Å². The molecule has 0 atom stereocenters. The molecule has 5 nitrogen and oxygen atoms in total. The number of nitrogens with two attached hydrogens (primary N) is 1. The summed E-state index contributed by atoms with van der Waals surface area (Å²) in [6, 6.07) is 12.3. The summed E-state index contributed by atoms with van der Waals surface area (Å²) in [5, 5.41) is 6.72. The summed E-state index contributed by atoms with van der Waals surface area (Å²) >= 11 is 0. The molecule has 0 unspecified atom stereocenters. The summed E-state index contributed by atoms with van der Waals surface area (Å²) < 4.78 is 0. The van der Waals surface area contributed by atoms with E-state index >= 15 is 0 Å². The maximum Gasteiger partial charge on any atom is 0.229 e. The molecule has 0 radical (unpaired) electrons. The van der Waals surface area contributed by atoms with E-state index in [1.54, 1.807) is 0 Å². The van der Waals surface area contributed by atoms with E-state index in [0.29, 0.717) is 12.5 Å². The van der Waals surface area contributed by atoms with Crippen LogP contribution >= 0.6 is 0 Å². The lowest BCUT2D eigenvalue weighted by Gasteiger charge is -2.15. The van der Waals surface area contributed by atoms with Gasteiger partial charge in [0.05, 0.1) is 0 Å². The van der Waals surface area contributed by atoms with E-state index in [2.05, 4.69) is 53.5 Å². The molecular weight excluding hydrogens is 322 g/mol. The lowest BCUT2D eigenvalue weighted by Crippen LogP contribution is -2.05. The van der Waals surface area contributed by atoms with Crippen LogP contribution in [0.5, 0.6) is 0 Å². The van der Waals surface area contributed by atoms with Gasteiger partial charge in [0.1, 0.15) is 5.82 Å². The van der Waals surface area contributed by atoms with Crippen LogP contribution in [0.3, 0.4) is 0 Å². The molecule has 26 heavy (non-hydrogen) atoms. The molecule has 1 heterocycles. The number of aryl methyl sites for hydroxylation is 4. The predicted octanol–water partition coefficient (Wildman–Crippen LogP) is 4.90. The molecule has 3 rings (SSSR count). The van der Waals surface area contributed by atoms with Gasteiger partial charge < -0.3 is 16.4 Å². The van der Waals surface area contributed by atoms with E-state index in [4.69, 9.17) is 5.73 Å². The fourth-order valence-electron chi connectivity index (χ4n) is 2.98. The van der Waals surface area contributed by atoms with Crippen LogP contribution < -0.4 is 16.4 Å². The molecule has 0 saturated carbocycles. The number of rotatable bonds is 5. The third-order valence-corrected chi connectivity index (χ3v) is 4.34.